The van der Waals surface area contributed by atoms with Crippen molar-refractivity contribution in [3.63, 3.8) is 0 Å². The van der Waals surface area contributed by atoms with Gasteiger partial charge in [-0.05, 0) is 13.0 Å². The molecule has 0 aliphatic heterocycles. The number of hydrogen-bond donors (Lipinski definition) is 1. The Labute approximate surface area is 98.1 Å². The average molecular weight is 222 g/mol. The number of unbranched alkanes of at least 4 members (excludes halogenated alkanes) is 1. The molecule has 0 spiro atoms. The molecule has 0 unspecified atom stereocenters. The van der Waals surface area contributed by atoms with E-state index in [2.05, 4.69) is 34.0 Å². The van der Waals surface area contributed by atoms with Crippen LogP contribution in [0, 0.1) is 0 Å². The van der Waals surface area contributed by atoms with Gasteiger partial charge in [0.15, 0.2) is 0 Å². The molecule has 90 valence electrons. The second-order valence-corrected chi connectivity index (χ2v) is 3.95. The van der Waals surface area contributed by atoms with E-state index in [-0.39, 0.29) is 0 Å². The number of rotatable bonds is 7. The van der Waals surface area contributed by atoms with Gasteiger partial charge in [-0.25, -0.2) is 9.97 Å². The van der Waals surface area contributed by atoms with Crippen molar-refractivity contribution in [1.29, 1.82) is 0 Å². The van der Waals surface area contributed by atoms with Crippen molar-refractivity contribution in [3.8, 4) is 0 Å². The highest BCUT2D eigenvalue weighted by Gasteiger charge is 2.02. The van der Waals surface area contributed by atoms with Gasteiger partial charge in [0.2, 0.25) is 5.95 Å². The van der Waals surface area contributed by atoms with Crippen LogP contribution in [0.4, 0.5) is 5.95 Å². The molecule has 4 nitrogen and oxygen atoms in total. The summed E-state index contributed by atoms with van der Waals surface area (Å²) in [5.41, 5.74) is 1.13. The van der Waals surface area contributed by atoms with E-state index < -0.39 is 0 Å². The third-order valence-electron chi connectivity index (χ3n) is 2.46. The lowest BCUT2D eigenvalue weighted by atomic mass is 10.3. The lowest BCUT2D eigenvalue weighted by Crippen LogP contribution is -2.21. The van der Waals surface area contributed by atoms with Crippen LogP contribution in [-0.4, -0.2) is 30.1 Å². The first kappa shape index (κ1) is 12.9. The Bertz CT molecular complexity index is 284. The van der Waals surface area contributed by atoms with E-state index in [0.29, 0.717) is 0 Å². The molecule has 0 saturated carbocycles. The number of aromatic nitrogens is 2. The van der Waals surface area contributed by atoms with Crippen molar-refractivity contribution in [2.45, 2.75) is 33.2 Å². The Morgan fingerprint density at radius 1 is 1.25 bits per heavy atom. The smallest absolute Gasteiger partial charge is 0.224 e. The van der Waals surface area contributed by atoms with Crippen molar-refractivity contribution in [1.82, 2.24) is 15.3 Å². The van der Waals surface area contributed by atoms with Crippen molar-refractivity contribution >= 4 is 5.95 Å². The maximum atomic E-state index is 4.36. The summed E-state index contributed by atoms with van der Waals surface area (Å²) in [6.45, 7) is 7.11. The average Bonchev–Trinajstić information content (AvgIpc) is 2.34. The molecule has 4 heteroatoms. The molecule has 0 aromatic carbocycles. The SMILES string of the molecule is CCCCN(C)c1ncc(CNCC)cn1. The van der Waals surface area contributed by atoms with Crippen LogP contribution in [0.2, 0.25) is 0 Å². The predicted molar refractivity (Wildman–Crippen MR) is 67.6 cm³/mol. The van der Waals surface area contributed by atoms with Gasteiger partial charge >= 0.3 is 0 Å². The van der Waals surface area contributed by atoms with Gasteiger partial charge in [-0.3, -0.25) is 0 Å². The summed E-state index contributed by atoms with van der Waals surface area (Å²) in [5.74, 6) is 0.814. The minimum absolute atomic E-state index is 0.814. The van der Waals surface area contributed by atoms with E-state index in [1.807, 2.05) is 19.4 Å². The maximum Gasteiger partial charge on any atom is 0.224 e. The van der Waals surface area contributed by atoms with Crippen LogP contribution in [0.15, 0.2) is 12.4 Å². The van der Waals surface area contributed by atoms with Crippen LogP contribution in [0.3, 0.4) is 0 Å². The summed E-state index contributed by atoms with van der Waals surface area (Å²) in [5, 5.41) is 3.25. The van der Waals surface area contributed by atoms with Crippen molar-refractivity contribution in [2.24, 2.45) is 0 Å². The van der Waals surface area contributed by atoms with E-state index >= 15 is 0 Å². The predicted octanol–water partition coefficient (Wildman–Crippen LogP) is 1.82. The molecule has 0 atom stereocenters. The van der Waals surface area contributed by atoms with E-state index in [1.54, 1.807) is 0 Å². The molecule has 0 aliphatic rings. The second-order valence-electron chi connectivity index (χ2n) is 3.95. The topological polar surface area (TPSA) is 41.1 Å². The molecule has 0 amide bonds. The molecular weight excluding hydrogens is 200 g/mol. The van der Waals surface area contributed by atoms with Crippen LogP contribution in [0.5, 0.6) is 0 Å². The van der Waals surface area contributed by atoms with E-state index in [0.717, 1.165) is 31.1 Å². The molecule has 16 heavy (non-hydrogen) atoms. The molecule has 1 rings (SSSR count). The van der Waals surface area contributed by atoms with Gasteiger partial charge in [-0.2, -0.15) is 0 Å². The summed E-state index contributed by atoms with van der Waals surface area (Å²) in [7, 11) is 2.04. The lowest BCUT2D eigenvalue weighted by Gasteiger charge is -2.16. The Balaban J connectivity index is 2.49. The summed E-state index contributed by atoms with van der Waals surface area (Å²) in [6.07, 6.45) is 6.17. The molecule has 0 saturated heterocycles. The number of nitrogens with one attached hydrogen (secondary N) is 1. The fraction of sp³-hybridized carbons (Fsp3) is 0.667. The zero-order valence-corrected chi connectivity index (χ0v) is 10.5. The van der Waals surface area contributed by atoms with Crippen LogP contribution >= 0.6 is 0 Å². The molecule has 1 aromatic heterocycles. The summed E-state index contributed by atoms with van der Waals surface area (Å²) in [4.78, 5) is 10.8. The zero-order chi connectivity index (χ0) is 11.8. The van der Waals surface area contributed by atoms with E-state index in [4.69, 9.17) is 0 Å². The van der Waals surface area contributed by atoms with Gasteiger partial charge in [-0.15, -0.1) is 0 Å². The Hall–Kier alpha value is -1.16. The molecular formula is C12H22N4. The first-order chi connectivity index (χ1) is 7.77. The summed E-state index contributed by atoms with van der Waals surface area (Å²) >= 11 is 0. The van der Waals surface area contributed by atoms with Crippen molar-refractivity contribution in [2.75, 3.05) is 25.0 Å². The molecule has 0 bridgehead atoms. The Morgan fingerprint density at radius 3 is 2.50 bits per heavy atom. The van der Waals surface area contributed by atoms with Crippen LogP contribution in [0.1, 0.15) is 32.3 Å². The van der Waals surface area contributed by atoms with Gasteiger partial charge in [-0.1, -0.05) is 20.3 Å². The third kappa shape index (κ3) is 4.14. The summed E-state index contributed by atoms with van der Waals surface area (Å²) < 4.78 is 0. The van der Waals surface area contributed by atoms with Crippen LogP contribution in [-0.2, 0) is 6.54 Å². The van der Waals surface area contributed by atoms with Gasteiger partial charge in [0.1, 0.15) is 0 Å². The van der Waals surface area contributed by atoms with E-state index in [9.17, 15) is 0 Å². The van der Waals surface area contributed by atoms with Crippen LogP contribution < -0.4 is 10.2 Å². The Morgan fingerprint density at radius 2 is 1.94 bits per heavy atom. The molecule has 1 N–H and O–H groups in total. The number of hydrogen-bond acceptors (Lipinski definition) is 4. The molecule has 0 radical (unpaired) electrons. The minimum Gasteiger partial charge on any atom is -0.344 e. The highest BCUT2D eigenvalue weighted by atomic mass is 15.2. The highest BCUT2D eigenvalue weighted by Crippen LogP contribution is 2.06. The number of nitrogens with zero attached hydrogens (tertiary/aromatic N) is 3. The largest absolute Gasteiger partial charge is 0.344 e. The first-order valence-corrected chi connectivity index (χ1v) is 6.00. The zero-order valence-electron chi connectivity index (χ0n) is 10.5. The first-order valence-electron chi connectivity index (χ1n) is 6.00. The van der Waals surface area contributed by atoms with Gasteiger partial charge in [0, 0.05) is 38.1 Å². The van der Waals surface area contributed by atoms with Gasteiger partial charge in [0.05, 0.1) is 0 Å². The monoisotopic (exact) mass is 222 g/mol. The quantitative estimate of drug-likeness (QED) is 0.764. The summed E-state index contributed by atoms with van der Waals surface area (Å²) in [6, 6.07) is 0. The normalized spacial score (nSPS) is 10.4. The van der Waals surface area contributed by atoms with Gasteiger partial charge < -0.3 is 10.2 Å². The fourth-order valence-corrected chi connectivity index (χ4v) is 1.40. The molecule has 0 fully saturated rings. The van der Waals surface area contributed by atoms with Gasteiger partial charge in [0.25, 0.3) is 0 Å². The number of anilines is 1. The second kappa shape index (κ2) is 7.17. The lowest BCUT2D eigenvalue weighted by molar-refractivity contribution is 0.715. The Kier molecular flexibility index (Phi) is 5.78. The minimum atomic E-state index is 0.814. The molecule has 1 heterocycles. The molecule has 0 aliphatic carbocycles. The molecule has 1 aromatic rings. The van der Waals surface area contributed by atoms with Crippen molar-refractivity contribution < 1.29 is 0 Å². The maximum absolute atomic E-state index is 4.36. The standard InChI is InChI=1S/C12H22N4/c1-4-6-7-16(3)12-14-9-11(10-15-12)8-13-5-2/h9-10,13H,4-8H2,1-3H3. The highest BCUT2D eigenvalue weighted by molar-refractivity contribution is 5.28. The fourth-order valence-electron chi connectivity index (χ4n) is 1.40. The van der Waals surface area contributed by atoms with Crippen molar-refractivity contribution in [3.05, 3.63) is 18.0 Å². The third-order valence-corrected chi connectivity index (χ3v) is 2.46. The van der Waals surface area contributed by atoms with E-state index in [1.165, 1.54) is 12.8 Å². The van der Waals surface area contributed by atoms with Crippen LogP contribution in [0.25, 0.3) is 0 Å².